The molecule has 4 nitrogen and oxygen atoms in total. The summed E-state index contributed by atoms with van der Waals surface area (Å²) in [4.78, 5) is 30.8. The minimum absolute atomic E-state index is 0.0338. The Bertz CT molecular complexity index is 811. The fraction of sp³-hybridized carbons (Fsp3) is 0.667. The van der Waals surface area contributed by atoms with Gasteiger partial charge in [-0.25, -0.2) is 0 Å². The van der Waals surface area contributed by atoms with Crippen LogP contribution in [0.5, 0.6) is 0 Å². The molecule has 4 bridgehead atoms. The number of piperazine rings is 1. The van der Waals surface area contributed by atoms with E-state index in [1.54, 1.807) is 0 Å². The van der Waals surface area contributed by atoms with E-state index in [0.29, 0.717) is 18.4 Å². The van der Waals surface area contributed by atoms with Crippen molar-refractivity contribution in [1.29, 1.82) is 0 Å². The molecule has 0 radical (unpaired) electrons. The molecule has 0 N–H and O–H groups in total. The van der Waals surface area contributed by atoms with E-state index in [1.807, 2.05) is 9.80 Å². The van der Waals surface area contributed by atoms with Crippen LogP contribution in [0.3, 0.4) is 0 Å². The second kappa shape index (κ2) is 5.84. The Morgan fingerprint density at radius 1 is 0.964 bits per heavy atom. The summed E-state index contributed by atoms with van der Waals surface area (Å²) < 4.78 is 0. The van der Waals surface area contributed by atoms with Gasteiger partial charge in [-0.05, 0) is 73.3 Å². The van der Waals surface area contributed by atoms with Crippen LogP contribution in [0.2, 0.25) is 0 Å². The Morgan fingerprint density at radius 2 is 1.57 bits per heavy atom. The lowest BCUT2D eigenvalue weighted by Crippen LogP contribution is -2.61. The van der Waals surface area contributed by atoms with Gasteiger partial charge in [-0.3, -0.25) is 9.59 Å². The van der Waals surface area contributed by atoms with Gasteiger partial charge in [0.05, 0.1) is 18.0 Å². The summed E-state index contributed by atoms with van der Waals surface area (Å²) >= 11 is 0. The molecule has 2 heterocycles. The van der Waals surface area contributed by atoms with Gasteiger partial charge in [-0.15, -0.1) is 0 Å². The maximum Gasteiger partial charge on any atom is 0.242 e. The average Bonchev–Trinajstić information content (AvgIpc) is 2.67. The van der Waals surface area contributed by atoms with Crippen LogP contribution in [-0.4, -0.2) is 41.2 Å². The molecular weight excluding hydrogens is 348 g/mol. The Balaban J connectivity index is 1.31. The number of nitrogens with zero attached hydrogens (tertiary/aromatic N) is 2. The third-order valence-electron chi connectivity index (χ3n) is 8.55. The molecule has 2 atom stereocenters. The zero-order chi connectivity index (χ0) is 19.0. The van der Waals surface area contributed by atoms with E-state index in [4.69, 9.17) is 0 Å². The lowest BCUT2D eigenvalue weighted by molar-refractivity contribution is -0.166. The van der Waals surface area contributed by atoms with Crippen molar-refractivity contribution >= 4 is 11.8 Å². The highest BCUT2D eigenvalue weighted by atomic mass is 16.2. The zero-order valence-corrected chi connectivity index (χ0v) is 16.8. The van der Waals surface area contributed by atoms with E-state index in [-0.39, 0.29) is 23.9 Å². The molecule has 148 valence electrons. The molecule has 0 aromatic heterocycles. The van der Waals surface area contributed by atoms with Crippen LogP contribution in [-0.2, 0) is 9.59 Å². The van der Waals surface area contributed by atoms with Crippen LogP contribution < -0.4 is 0 Å². The van der Waals surface area contributed by atoms with Crippen LogP contribution in [0.15, 0.2) is 24.3 Å². The number of hydrogen-bond donors (Lipinski definition) is 0. The minimum atomic E-state index is -0.154. The first-order valence-electron chi connectivity index (χ1n) is 11.2. The van der Waals surface area contributed by atoms with E-state index in [9.17, 15) is 9.59 Å². The average molecular weight is 379 g/mol. The van der Waals surface area contributed by atoms with Crippen LogP contribution in [0, 0.1) is 23.2 Å². The Hall–Kier alpha value is -1.84. The van der Waals surface area contributed by atoms with E-state index in [0.717, 1.165) is 43.6 Å². The Kier molecular flexibility index (Phi) is 3.56. The molecule has 4 saturated carbocycles. The minimum Gasteiger partial charge on any atom is -0.332 e. The molecule has 1 saturated heterocycles. The summed E-state index contributed by atoms with van der Waals surface area (Å²) in [6.45, 7) is 3.94. The SMILES string of the molecule is CC1CN2C(=O)CN(C(=O)C34CC5CC(CC(C5)C3)C4)CC2c2ccccc21. The molecule has 4 heteroatoms. The summed E-state index contributed by atoms with van der Waals surface area (Å²) in [5, 5.41) is 0. The van der Waals surface area contributed by atoms with Crippen molar-refractivity contribution in [3.8, 4) is 0 Å². The van der Waals surface area contributed by atoms with E-state index >= 15 is 0 Å². The van der Waals surface area contributed by atoms with E-state index in [1.165, 1.54) is 30.4 Å². The van der Waals surface area contributed by atoms with E-state index in [2.05, 4.69) is 31.2 Å². The summed E-state index contributed by atoms with van der Waals surface area (Å²) in [6.07, 6.45) is 7.24. The lowest BCUT2D eigenvalue weighted by atomic mass is 9.49. The van der Waals surface area contributed by atoms with Crippen LogP contribution >= 0.6 is 0 Å². The monoisotopic (exact) mass is 378 g/mol. The molecule has 6 aliphatic rings. The second-order valence-electron chi connectivity index (χ2n) is 10.5. The predicted molar refractivity (Wildman–Crippen MR) is 106 cm³/mol. The van der Waals surface area contributed by atoms with Crippen molar-refractivity contribution in [3.63, 3.8) is 0 Å². The van der Waals surface area contributed by atoms with Gasteiger partial charge in [0.25, 0.3) is 0 Å². The maximum atomic E-state index is 13.8. The number of carbonyl (C=O) groups excluding carboxylic acids is 2. The number of rotatable bonds is 1. The van der Waals surface area contributed by atoms with Gasteiger partial charge < -0.3 is 9.80 Å². The van der Waals surface area contributed by atoms with Gasteiger partial charge in [-0.2, -0.15) is 0 Å². The molecule has 2 unspecified atom stereocenters. The van der Waals surface area contributed by atoms with Crippen LogP contribution in [0.1, 0.15) is 68.5 Å². The van der Waals surface area contributed by atoms with Gasteiger partial charge in [-0.1, -0.05) is 31.2 Å². The predicted octanol–water partition coefficient (Wildman–Crippen LogP) is 3.73. The Morgan fingerprint density at radius 3 is 2.21 bits per heavy atom. The van der Waals surface area contributed by atoms with Gasteiger partial charge in [0, 0.05) is 13.1 Å². The van der Waals surface area contributed by atoms with Crippen molar-refractivity contribution in [1.82, 2.24) is 9.80 Å². The highest BCUT2D eigenvalue weighted by Gasteiger charge is 2.56. The van der Waals surface area contributed by atoms with Gasteiger partial charge >= 0.3 is 0 Å². The molecule has 28 heavy (non-hydrogen) atoms. The zero-order valence-electron chi connectivity index (χ0n) is 16.8. The fourth-order valence-corrected chi connectivity index (χ4v) is 7.81. The summed E-state index contributed by atoms with van der Waals surface area (Å²) in [5.41, 5.74) is 2.44. The molecular formula is C24H30N2O2. The topological polar surface area (TPSA) is 40.6 Å². The molecule has 2 aliphatic heterocycles. The molecule has 7 rings (SSSR count). The number of carbonyl (C=O) groups is 2. The quantitative estimate of drug-likeness (QED) is 0.747. The first-order chi connectivity index (χ1) is 13.5. The van der Waals surface area contributed by atoms with Gasteiger partial charge in [0.15, 0.2) is 0 Å². The highest BCUT2D eigenvalue weighted by molar-refractivity contribution is 5.90. The molecule has 2 amide bonds. The van der Waals surface area contributed by atoms with Crippen molar-refractivity contribution in [2.75, 3.05) is 19.6 Å². The first-order valence-corrected chi connectivity index (χ1v) is 11.2. The summed E-state index contributed by atoms with van der Waals surface area (Å²) in [7, 11) is 0. The van der Waals surface area contributed by atoms with Gasteiger partial charge in [0.1, 0.15) is 0 Å². The normalized spacial score (nSPS) is 41.0. The smallest absolute Gasteiger partial charge is 0.242 e. The van der Waals surface area contributed by atoms with Crippen molar-refractivity contribution in [2.45, 2.75) is 57.4 Å². The van der Waals surface area contributed by atoms with Crippen molar-refractivity contribution in [2.24, 2.45) is 23.2 Å². The molecule has 4 aliphatic carbocycles. The standard InChI is InChI=1S/C24H30N2O2/c1-15-12-26-21(20-5-3-2-4-19(15)20)13-25(14-22(26)27)23(28)24-9-16-6-17(10-24)8-18(7-16)11-24/h2-5,15-18,21H,6-14H2,1H3. The van der Waals surface area contributed by atoms with E-state index < -0.39 is 0 Å². The molecule has 1 aromatic rings. The van der Waals surface area contributed by atoms with Crippen molar-refractivity contribution in [3.05, 3.63) is 35.4 Å². The Labute approximate surface area is 167 Å². The molecule has 5 fully saturated rings. The lowest BCUT2D eigenvalue weighted by Gasteiger charge is -2.57. The van der Waals surface area contributed by atoms with Crippen LogP contribution in [0.25, 0.3) is 0 Å². The summed E-state index contributed by atoms with van der Waals surface area (Å²) in [6, 6.07) is 8.55. The molecule has 1 aromatic carbocycles. The van der Waals surface area contributed by atoms with Crippen LogP contribution in [0.4, 0.5) is 0 Å². The van der Waals surface area contributed by atoms with Crippen molar-refractivity contribution < 1.29 is 9.59 Å². The third kappa shape index (κ3) is 2.36. The third-order valence-corrected chi connectivity index (χ3v) is 8.55. The number of hydrogen-bond acceptors (Lipinski definition) is 2. The molecule has 0 spiro atoms. The summed E-state index contributed by atoms with van der Waals surface area (Å²) in [5.74, 6) is 3.06. The highest BCUT2D eigenvalue weighted by Crippen LogP contribution is 2.60. The van der Waals surface area contributed by atoms with Gasteiger partial charge in [0.2, 0.25) is 11.8 Å². The largest absolute Gasteiger partial charge is 0.332 e. The first kappa shape index (κ1) is 17.1. The number of benzene rings is 1. The number of fused-ring (bicyclic) bond motifs is 3. The number of amides is 2. The fourth-order valence-electron chi connectivity index (χ4n) is 7.81. The second-order valence-corrected chi connectivity index (χ2v) is 10.5. The maximum absolute atomic E-state index is 13.8.